The molecule has 1 aromatic rings. The van der Waals surface area contributed by atoms with Gasteiger partial charge in [-0.1, -0.05) is 0 Å². The third kappa shape index (κ3) is 6.48. The Bertz CT molecular complexity index is 178. The monoisotopic (exact) mass is 142 g/mol. The van der Waals surface area contributed by atoms with Crippen molar-refractivity contribution in [1.29, 1.82) is 0 Å². The number of aryl methyl sites for hydroxylation is 1. The van der Waals surface area contributed by atoms with Gasteiger partial charge in [-0.3, -0.25) is 0 Å². The van der Waals surface area contributed by atoms with Crippen LogP contribution < -0.4 is 11.5 Å². The first-order valence-corrected chi connectivity index (χ1v) is 2.64. The molecular weight excluding hydrogens is 132 g/mol. The highest BCUT2D eigenvalue weighted by Crippen LogP contribution is 1.78. The number of hydrogen-bond acceptors (Lipinski definition) is 2. The molecule has 0 saturated heterocycles. The fourth-order valence-electron chi connectivity index (χ4n) is 0.344. The average molecular weight is 142 g/mol. The molecule has 5 nitrogen and oxygen atoms in total. The molecule has 0 aliphatic carbocycles. The lowest BCUT2D eigenvalue weighted by Crippen LogP contribution is -2.18. The van der Waals surface area contributed by atoms with Crippen LogP contribution in [0, 0.1) is 6.92 Å². The zero-order chi connectivity index (χ0) is 7.98. The van der Waals surface area contributed by atoms with Crippen molar-refractivity contribution >= 4 is 6.03 Å². The Hall–Kier alpha value is -1.52. The number of primary amides is 2. The van der Waals surface area contributed by atoms with E-state index < -0.39 is 6.03 Å². The smallest absolute Gasteiger partial charge is 0.309 e. The van der Waals surface area contributed by atoms with Crippen LogP contribution in [0.15, 0.2) is 12.4 Å². The highest BCUT2D eigenvalue weighted by molar-refractivity contribution is 5.69. The molecule has 56 valence electrons. The summed E-state index contributed by atoms with van der Waals surface area (Å²) in [7, 11) is 0. The van der Waals surface area contributed by atoms with Crippen molar-refractivity contribution in [3.05, 3.63) is 18.2 Å². The Labute approximate surface area is 58.4 Å². The number of amides is 2. The van der Waals surface area contributed by atoms with Gasteiger partial charge in [0.2, 0.25) is 0 Å². The molecule has 0 radical (unpaired) electrons. The molecule has 0 aliphatic rings. The van der Waals surface area contributed by atoms with E-state index in [-0.39, 0.29) is 0 Å². The number of carbonyl (C=O) groups excluding carboxylic acids is 1. The third-order valence-electron chi connectivity index (χ3n) is 0.635. The maximum atomic E-state index is 9.00. The van der Waals surface area contributed by atoms with Crippen LogP contribution in [0.2, 0.25) is 0 Å². The quantitative estimate of drug-likeness (QED) is 0.465. The van der Waals surface area contributed by atoms with E-state index in [1.807, 2.05) is 6.92 Å². The summed E-state index contributed by atoms with van der Waals surface area (Å²) in [5, 5.41) is 0. The normalized spacial score (nSPS) is 7.70. The van der Waals surface area contributed by atoms with Crippen LogP contribution >= 0.6 is 0 Å². The van der Waals surface area contributed by atoms with Crippen LogP contribution in [0.25, 0.3) is 0 Å². The van der Waals surface area contributed by atoms with E-state index in [2.05, 4.69) is 21.4 Å². The van der Waals surface area contributed by atoms with Crippen LogP contribution in [0.1, 0.15) is 5.82 Å². The molecule has 0 aromatic carbocycles. The number of H-pyrrole nitrogens is 1. The number of nitrogens with zero attached hydrogens (tertiary/aromatic N) is 1. The number of hydrogen-bond donors (Lipinski definition) is 3. The van der Waals surface area contributed by atoms with Gasteiger partial charge in [0, 0.05) is 12.4 Å². The summed E-state index contributed by atoms with van der Waals surface area (Å²) in [6, 6.07) is -0.833. The average Bonchev–Trinajstić information content (AvgIpc) is 2.15. The number of rotatable bonds is 0. The van der Waals surface area contributed by atoms with Gasteiger partial charge >= 0.3 is 6.03 Å². The second-order valence-electron chi connectivity index (χ2n) is 1.58. The van der Waals surface area contributed by atoms with Crippen molar-refractivity contribution in [3.8, 4) is 0 Å². The number of aromatic nitrogens is 2. The van der Waals surface area contributed by atoms with Crippen LogP contribution in [-0.2, 0) is 0 Å². The topological polar surface area (TPSA) is 97.8 Å². The summed E-state index contributed by atoms with van der Waals surface area (Å²) in [4.78, 5) is 15.8. The second kappa shape index (κ2) is 4.37. The molecule has 5 heteroatoms. The van der Waals surface area contributed by atoms with Gasteiger partial charge < -0.3 is 16.5 Å². The molecule has 0 saturated carbocycles. The number of nitrogens with one attached hydrogen (secondary N) is 1. The van der Waals surface area contributed by atoms with E-state index in [1.54, 1.807) is 12.4 Å². The zero-order valence-corrected chi connectivity index (χ0v) is 5.66. The molecule has 0 spiro atoms. The van der Waals surface area contributed by atoms with Gasteiger partial charge in [-0.05, 0) is 6.92 Å². The molecule has 0 aliphatic heterocycles. The Morgan fingerprint density at radius 2 is 2.20 bits per heavy atom. The minimum Gasteiger partial charge on any atom is -0.352 e. The van der Waals surface area contributed by atoms with Gasteiger partial charge in [0.1, 0.15) is 5.82 Å². The molecule has 1 rings (SSSR count). The van der Waals surface area contributed by atoms with Crippen molar-refractivity contribution in [2.45, 2.75) is 6.92 Å². The molecule has 0 bridgehead atoms. The third-order valence-corrected chi connectivity index (χ3v) is 0.635. The standard InChI is InChI=1S/C4H6N2.CH4N2O/c1-4-5-2-3-6-4;2-1(3)4/h2-3H,1H3,(H,5,6);(H4,2,3,4). The first kappa shape index (κ1) is 8.48. The van der Waals surface area contributed by atoms with Gasteiger partial charge in [0.05, 0.1) is 0 Å². The molecular formula is C5H10N4O. The molecule has 0 atom stereocenters. The number of carbonyl (C=O) groups is 1. The lowest BCUT2D eigenvalue weighted by atomic mass is 10.8. The van der Waals surface area contributed by atoms with Crippen LogP contribution in [-0.4, -0.2) is 16.0 Å². The highest BCUT2D eigenvalue weighted by Gasteiger charge is 1.73. The Kier molecular flexibility index (Phi) is 3.70. The van der Waals surface area contributed by atoms with Crippen LogP contribution in [0.4, 0.5) is 4.79 Å². The predicted molar refractivity (Wildman–Crippen MR) is 37.1 cm³/mol. The van der Waals surface area contributed by atoms with Crippen LogP contribution in [0.5, 0.6) is 0 Å². The second-order valence-corrected chi connectivity index (χ2v) is 1.58. The summed E-state index contributed by atoms with van der Waals surface area (Å²) in [5.41, 5.74) is 8.50. The van der Waals surface area contributed by atoms with E-state index in [1.165, 1.54) is 0 Å². The number of urea groups is 1. The SMILES string of the molecule is Cc1ncc[nH]1.NC(N)=O. The summed E-state index contributed by atoms with van der Waals surface area (Å²) >= 11 is 0. The zero-order valence-electron chi connectivity index (χ0n) is 5.66. The van der Waals surface area contributed by atoms with Crippen molar-refractivity contribution < 1.29 is 4.79 Å². The van der Waals surface area contributed by atoms with Gasteiger partial charge in [-0.25, -0.2) is 9.78 Å². The van der Waals surface area contributed by atoms with E-state index in [9.17, 15) is 0 Å². The van der Waals surface area contributed by atoms with E-state index in [4.69, 9.17) is 4.79 Å². The van der Waals surface area contributed by atoms with E-state index >= 15 is 0 Å². The van der Waals surface area contributed by atoms with Crippen LogP contribution in [0.3, 0.4) is 0 Å². The molecule has 5 N–H and O–H groups in total. The molecule has 10 heavy (non-hydrogen) atoms. The van der Waals surface area contributed by atoms with Gasteiger partial charge in [0.25, 0.3) is 0 Å². The van der Waals surface area contributed by atoms with Crippen molar-refractivity contribution in [2.75, 3.05) is 0 Å². The van der Waals surface area contributed by atoms with Crippen molar-refractivity contribution in [3.63, 3.8) is 0 Å². The van der Waals surface area contributed by atoms with Gasteiger partial charge in [-0.15, -0.1) is 0 Å². The molecule has 1 aromatic heterocycles. The molecule has 2 amide bonds. The van der Waals surface area contributed by atoms with Crippen molar-refractivity contribution in [2.24, 2.45) is 11.5 Å². The Balaban J connectivity index is 0.000000180. The van der Waals surface area contributed by atoms with E-state index in [0.29, 0.717) is 0 Å². The highest BCUT2D eigenvalue weighted by atomic mass is 16.2. The minimum absolute atomic E-state index is 0.833. The summed E-state index contributed by atoms with van der Waals surface area (Å²) < 4.78 is 0. The summed E-state index contributed by atoms with van der Waals surface area (Å²) in [6.07, 6.45) is 3.53. The van der Waals surface area contributed by atoms with Gasteiger partial charge in [-0.2, -0.15) is 0 Å². The largest absolute Gasteiger partial charge is 0.352 e. The molecule has 1 heterocycles. The predicted octanol–water partition coefficient (Wildman–Crippen LogP) is -0.258. The first-order chi connectivity index (χ1) is 4.63. The number of aromatic amines is 1. The fraction of sp³-hybridized carbons (Fsp3) is 0.200. The number of imidazole rings is 1. The first-order valence-electron chi connectivity index (χ1n) is 2.64. The maximum absolute atomic E-state index is 9.00. The minimum atomic E-state index is -0.833. The lowest BCUT2D eigenvalue weighted by molar-refractivity contribution is 0.256. The van der Waals surface area contributed by atoms with Crippen molar-refractivity contribution in [1.82, 2.24) is 9.97 Å². The maximum Gasteiger partial charge on any atom is 0.309 e. The van der Waals surface area contributed by atoms with Gasteiger partial charge in [0.15, 0.2) is 0 Å². The van der Waals surface area contributed by atoms with E-state index in [0.717, 1.165) is 5.82 Å². The number of nitrogens with two attached hydrogens (primary N) is 2. The fourth-order valence-corrected chi connectivity index (χ4v) is 0.344. The lowest BCUT2D eigenvalue weighted by Gasteiger charge is -1.68. The Morgan fingerprint density at radius 1 is 1.70 bits per heavy atom. The summed E-state index contributed by atoms with van der Waals surface area (Å²) in [6.45, 7) is 1.92. The Morgan fingerprint density at radius 3 is 2.30 bits per heavy atom. The summed E-state index contributed by atoms with van der Waals surface area (Å²) in [5.74, 6) is 0.968. The molecule has 0 unspecified atom stereocenters. The molecule has 0 fully saturated rings.